The number of aliphatic hydroxyl groups is 1. The van der Waals surface area contributed by atoms with Crippen molar-refractivity contribution < 1.29 is 5.11 Å². The largest absolute Gasteiger partial charge is 0.393 e. The highest BCUT2D eigenvalue weighted by molar-refractivity contribution is 5.69. The van der Waals surface area contributed by atoms with Crippen LogP contribution in [-0.2, 0) is 0 Å². The Balaban J connectivity index is 1.63. The molecule has 0 saturated carbocycles. The van der Waals surface area contributed by atoms with Gasteiger partial charge in [-0.1, -0.05) is 36.4 Å². The van der Waals surface area contributed by atoms with E-state index in [9.17, 15) is 5.11 Å². The molecular formula is C22H26N6O. The van der Waals surface area contributed by atoms with Crippen molar-refractivity contribution in [1.82, 2.24) is 20.2 Å². The first-order valence-electron chi connectivity index (χ1n) is 10.00. The summed E-state index contributed by atoms with van der Waals surface area (Å²) in [4.78, 5) is 11.6. The Bertz CT molecular complexity index is 968. The number of aromatic amines is 1. The number of aromatic nitrogens is 4. The molecule has 4 rings (SSSR count). The number of hydrogen-bond acceptors (Lipinski definition) is 6. The van der Waals surface area contributed by atoms with Crippen LogP contribution in [0.5, 0.6) is 0 Å². The van der Waals surface area contributed by atoms with Gasteiger partial charge in [0.05, 0.1) is 6.10 Å². The first kappa shape index (κ1) is 19.1. The summed E-state index contributed by atoms with van der Waals surface area (Å²) < 4.78 is 0. The maximum Gasteiger partial charge on any atom is 0.156 e. The lowest BCUT2D eigenvalue weighted by atomic mass is 10.2. The summed E-state index contributed by atoms with van der Waals surface area (Å²) in [5, 5.41) is 20.4. The predicted molar refractivity (Wildman–Crippen MR) is 116 cm³/mol. The van der Waals surface area contributed by atoms with Crippen LogP contribution in [0.25, 0.3) is 12.2 Å². The third-order valence-corrected chi connectivity index (χ3v) is 4.94. The summed E-state index contributed by atoms with van der Waals surface area (Å²) in [5.74, 6) is 2.90. The van der Waals surface area contributed by atoms with Crippen molar-refractivity contribution in [1.29, 1.82) is 0 Å². The van der Waals surface area contributed by atoms with E-state index in [0.29, 0.717) is 11.6 Å². The number of aliphatic hydroxyl groups excluding tert-OH is 1. The average Bonchev–Trinajstić information content (AvgIpc) is 3.00. The van der Waals surface area contributed by atoms with E-state index in [4.69, 9.17) is 4.98 Å². The highest BCUT2D eigenvalue weighted by Crippen LogP contribution is 2.23. The Morgan fingerprint density at radius 2 is 1.93 bits per heavy atom. The van der Waals surface area contributed by atoms with Crippen LogP contribution in [-0.4, -0.2) is 44.5 Å². The minimum Gasteiger partial charge on any atom is -0.393 e. The molecule has 1 saturated heterocycles. The van der Waals surface area contributed by atoms with Crippen LogP contribution in [0, 0.1) is 6.92 Å². The van der Waals surface area contributed by atoms with E-state index in [2.05, 4.69) is 25.4 Å². The second kappa shape index (κ2) is 8.87. The molecule has 1 aliphatic rings. The molecule has 1 aliphatic heterocycles. The van der Waals surface area contributed by atoms with Crippen molar-refractivity contribution in [3.8, 4) is 0 Å². The highest BCUT2D eigenvalue weighted by Gasteiger charge is 2.17. The van der Waals surface area contributed by atoms with Crippen molar-refractivity contribution in [2.75, 3.05) is 23.3 Å². The summed E-state index contributed by atoms with van der Waals surface area (Å²) in [6, 6.07) is 14.0. The minimum absolute atomic E-state index is 0.232. The van der Waals surface area contributed by atoms with E-state index in [1.165, 1.54) is 0 Å². The lowest BCUT2D eigenvalue weighted by molar-refractivity contribution is 0.161. The number of aryl methyl sites for hydroxylation is 1. The van der Waals surface area contributed by atoms with Crippen LogP contribution in [0.1, 0.15) is 36.3 Å². The summed E-state index contributed by atoms with van der Waals surface area (Å²) >= 11 is 0. The van der Waals surface area contributed by atoms with Gasteiger partial charge in [0.15, 0.2) is 11.6 Å². The molecule has 1 fully saturated rings. The SMILES string of the molecule is Cc1cc(Nc2cc(N3CCCC(O)CC3)nc(/C=C/c3ccccc3)n2)n[nH]1. The standard InChI is InChI=1S/C22H26N6O/c1-16-14-21(27-26-16)24-20-15-22(28-12-5-8-18(29)11-13-28)25-19(23-20)10-9-17-6-3-2-4-7-17/h2-4,6-7,9-10,14-15,18,29H,5,8,11-13H2,1H3,(H2,23,24,25,26,27)/b10-9+. The summed E-state index contributed by atoms with van der Waals surface area (Å²) in [6.07, 6.45) is 6.23. The topological polar surface area (TPSA) is 90.0 Å². The van der Waals surface area contributed by atoms with Gasteiger partial charge in [-0.3, -0.25) is 5.10 Å². The fourth-order valence-electron chi connectivity index (χ4n) is 3.41. The van der Waals surface area contributed by atoms with Gasteiger partial charge in [0.2, 0.25) is 0 Å². The first-order chi connectivity index (χ1) is 14.2. The predicted octanol–water partition coefficient (Wildman–Crippen LogP) is 3.77. The van der Waals surface area contributed by atoms with E-state index in [1.54, 1.807) is 0 Å². The Morgan fingerprint density at radius 3 is 2.72 bits per heavy atom. The molecule has 3 aromatic rings. The van der Waals surface area contributed by atoms with Crippen LogP contribution < -0.4 is 10.2 Å². The second-order valence-corrected chi connectivity index (χ2v) is 7.35. The fourth-order valence-corrected chi connectivity index (χ4v) is 3.41. The lowest BCUT2D eigenvalue weighted by Crippen LogP contribution is -2.26. The molecule has 2 aromatic heterocycles. The molecule has 0 amide bonds. The number of hydrogen-bond donors (Lipinski definition) is 3. The van der Waals surface area contributed by atoms with Crippen LogP contribution in [0.15, 0.2) is 42.5 Å². The fraction of sp³-hybridized carbons (Fsp3) is 0.318. The van der Waals surface area contributed by atoms with Crippen LogP contribution in [0.4, 0.5) is 17.5 Å². The summed E-state index contributed by atoms with van der Waals surface area (Å²) in [6.45, 7) is 3.61. The Kier molecular flexibility index (Phi) is 5.86. The van der Waals surface area contributed by atoms with Gasteiger partial charge in [-0.25, -0.2) is 9.97 Å². The van der Waals surface area contributed by atoms with Gasteiger partial charge in [-0.15, -0.1) is 0 Å². The van der Waals surface area contributed by atoms with E-state index in [-0.39, 0.29) is 6.10 Å². The van der Waals surface area contributed by atoms with E-state index in [1.807, 2.05) is 61.5 Å². The number of H-pyrrole nitrogens is 1. The minimum atomic E-state index is -0.232. The van der Waals surface area contributed by atoms with Crippen molar-refractivity contribution in [3.63, 3.8) is 0 Å². The smallest absolute Gasteiger partial charge is 0.156 e. The molecule has 1 atom stereocenters. The van der Waals surface area contributed by atoms with Gasteiger partial charge in [-0.05, 0) is 37.8 Å². The molecule has 3 heterocycles. The van der Waals surface area contributed by atoms with Gasteiger partial charge in [0.25, 0.3) is 0 Å². The normalized spacial score (nSPS) is 17.4. The van der Waals surface area contributed by atoms with Crippen molar-refractivity contribution in [3.05, 3.63) is 59.5 Å². The summed E-state index contributed by atoms with van der Waals surface area (Å²) in [7, 11) is 0. The number of nitrogens with zero attached hydrogens (tertiary/aromatic N) is 4. The molecule has 7 nitrogen and oxygen atoms in total. The zero-order chi connectivity index (χ0) is 20.1. The van der Waals surface area contributed by atoms with Crippen molar-refractivity contribution in [2.45, 2.75) is 32.3 Å². The third-order valence-electron chi connectivity index (χ3n) is 4.94. The zero-order valence-electron chi connectivity index (χ0n) is 16.5. The van der Waals surface area contributed by atoms with Crippen molar-refractivity contribution in [2.24, 2.45) is 0 Å². The molecule has 0 bridgehead atoms. The van der Waals surface area contributed by atoms with Gasteiger partial charge in [-0.2, -0.15) is 5.10 Å². The van der Waals surface area contributed by atoms with Crippen LogP contribution in [0.2, 0.25) is 0 Å². The maximum atomic E-state index is 9.98. The zero-order valence-corrected chi connectivity index (χ0v) is 16.5. The molecule has 0 radical (unpaired) electrons. The van der Waals surface area contributed by atoms with E-state index >= 15 is 0 Å². The Morgan fingerprint density at radius 1 is 1.07 bits per heavy atom. The molecule has 150 valence electrons. The van der Waals surface area contributed by atoms with Crippen molar-refractivity contribution >= 4 is 29.6 Å². The van der Waals surface area contributed by atoms with Gasteiger partial charge < -0.3 is 15.3 Å². The van der Waals surface area contributed by atoms with Gasteiger partial charge >= 0.3 is 0 Å². The summed E-state index contributed by atoms with van der Waals surface area (Å²) in [5.41, 5.74) is 2.07. The molecular weight excluding hydrogens is 364 g/mol. The van der Waals surface area contributed by atoms with Crippen LogP contribution in [0.3, 0.4) is 0 Å². The molecule has 1 aromatic carbocycles. The van der Waals surface area contributed by atoms with Crippen LogP contribution >= 0.6 is 0 Å². The number of rotatable bonds is 5. The Labute approximate surface area is 170 Å². The van der Waals surface area contributed by atoms with Gasteiger partial charge in [0.1, 0.15) is 11.6 Å². The highest BCUT2D eigenvalue weighted by atomic mass is 16.3. The monoisotopic (exact) mass is 390 g/mol. The molecule has 7 heteroatoms. The van der Waals surface area contributed by atoms with E-state index < -0.39 is 0 Å². The second-order valence-electron chi connectivity index (χ2n) is 7.35. The molecule has 29 heavy (non-hydrogen) atoms. The Hall–Kier alpha value is -3.19. The maximum absolute atomic E-state index is 9.98. The first-order valence-corrected chi connectivity index (χ1v) is 10.00. The molecule has 0 aliphatic carbocycles. The van der Waals surface area contributed by atoms with E-state index in [0.717, 1.165) is 55.2 Å². The quantitative estimate of drug-likeness (QED) is 0.614. The third kappa shape index (κ3) is 5.20. The molecule has 0 spiro atoms. The number of anilines is 3. The lowest BCUT2D eigenvalue weighted by Gasteiger charge is -2.22. The number of nitrogens with one attached hydrogen (secondary N) is 2. The van der Waals surface area contributed by atoms with Gasteiger partial charge in [0, 0.05) is 30.9 Å². The average molecular weight is 390 g/mol. The number of benzene rings is 1. The molecule has 3 N–H and O–H groups in total. The molecule has 1 unspecified atom stereocenters.